The van der Waals surface area contributed by atoms with Crippen LogP contribution in [-0.2, 0) is 17.9 Å². The lowest BCUT2D eigenvalue weighted by atomic mass is 9.90. The molecule has 1 aromatic rings. The molecule has 2 aliphatic carbocycles. The fraction of sp³-hybridized carbons (Fsp3) is 0.765. The summed E-state index contributed by atoms with van der Waals surface area (Å²) in [5, 5.41) is 3.50. The van der Waals surface area contributed by atoms with E-state index in [2.05, 4.69) is 18.3 Å². The number of aryl methyl sites for hydroxylation is 1. The summed E-state index contributed by atoms with van der Waals surface area (Å²) >= 11 is 0. The highest BCUT2D eigenvalue weighted by Crippen LogP contribution is 2.25. The van der Waals surface area contributed by atoms with Gasteiger partial charge in [-0.3, -0.25) is 0 Å². The van der Waals surface area contributed by atoms with Gasteiger partial charge in [0, 0.05) is 12.6 Å². The van der Waals surface area contributed by atoms with Crippen molar-refractivity contribution < 1.29 is 9.15 Å². The van der Waals surface area contributed by atoms with E-state index < -0.39 is 0 Å². The molecule has 0 atom stereocenters. The Hall–Kier alpha value is -0.800. The lowest BCUT2D eigenvalue weighted by Gasteiger charge is -2.20. The predicted octanol–water partition coefficient (Wildman–Crippen LogP) is 3.94. The van der Waals surface area contributed by atoms with Crippen molar-refractivity contribution in [1.29, 1.82) is 0 Å². The molecule has 3 rings (SSSR count). The highest BCUT2D eigenvalue weighted by atomic mass is 16.5. The van der Waals surface area contributed by atoms with Crippen LogP contribution >= 0.6 is 0 Å². The summed E-state index contributed by atoms with van der Waals surface area (Å²) in [6, 6.07) is 2.86. The van der Waals surface area contributed by atoms with Crippen molar-refractivity contribution in [2.75, 3.05) is 6.61 Å². The molecule has 0 aromatic carbocycles. The molecule has 0 radical (unpaired) electrons. The molecule has 20 heavy (non-hydrogen) atoms. The summed E-state index contributed by atoms with van der Waals surface area (Å²) in [7, 11) is 0. The van der Waals surface area contributed by atoms with Crippen LogP contribution in [0.5, 0.6) is 0 Å². The molecule has 0 aliphatic heterocycles. The molecule has 3 heteroatoms. The Bertz CT molecular complexity index is 417. The van der Waals surface area contributed by atoms with E-state index in [1.807, 2.05) is 0 Å². The van der Waals surface area contributed by atoms with Crippen LogP contribution in [0.25, 0.3) is 0 Å². The van der Waals surface area contributed by atoms with Gasteiger partial charge in [-0.05, 0) is 50.2 Å². The second-order valence-electron chi connectivity index (χ2n) is 6.49. The van der Waals surface area contributed by atoms with Crippen LogP contribution in [0.4, 0.5) is 0 Å². The largest absolute Gasteiger partial charge is 0.462 e. The van der Waals surface area contributed by atoms with Crippen molar-refractivity contribution in [3.8, 4) is 0 Å². The topological polar surface area (TPSA) is 34.4 Å². The average Bonchev–Trinajstić information content (AvgIpc) is 3.22. The fourth-order valence-corrected chi connectivity index (χ4v) is 3.04. The third-order valence-corrected chi connectivity index (χ3v) is 4.52. The summed E-state index contributed by atoms with van der Waals surface area (Å²) < 4.78 is 11.7. The zero-order valence-electron chi connectivity index (χ0n) is 12.6. The Labute approximate surface area is 122 Å². The molecule has 0 spiro atoms. The van der Waals surface area contributed by atoms with E-state index in [1.165, 1.54) is 50.5 Å². The molecule has 112 valence electrons. The van der Waals surface area contributed by atoms with Gasteiger partial charge in [-0.25, -0.2) is 0 Å². The van der Waals surface area contributed by atoms with E-state index in [0.717, 1.165) is 36.6 Å². The van der Waals surface area contributed by atoms with Crippen LogP contribution in [0.1, 0.15) is 62.0 Å². The monoisotopic (exact) mass is 277 g/mol. The zero-order valence-corrected chi connectivity index (χ0v) is 12.6. The third kappa shape index (κ3) is 4.10. The molecule has 0 unspecified atom stereocenters. The standard InChI is InChI=1S/C17H27NO2/c1-13-9-16(20-17(13)10-18-15-7-8-15)12-19-11-14-5-3-2-4-6-14/h9,14-15,18H,2-8,10-12H2,1H3. The number of rotatable bonds is 7. The van der Waals surface area contributed by atoms with E-state index in [0.29, 0.717) is 6.61 Å². The molecule has 0 saturated heterocycles. The number of hydrogen-bond donors (Lipinski definition) is 1. The van der Waals surface area contributed by atoms with Crippen LogP contribution in [0, 0.1) is 12.8 Å². The molecule has 1 aromatic heterocycles. The maximum atomic E-state index is 5.89. The van der Waals surface area contributed by atoms with Gasteiger partial charge < -0.3 is 14.5 Å². The number of furan rings is 1. The molecular formula is C17H27NO2. The molecule has 2 fully saturated rings. The van der Waals surface area contributed by atoms with Crippen LogP contribution in [0.15, 0.2) is 10.5 Å². The van der Waals surface area contributed by atoms with Gasteiger partial charge in [0.05, 0.1) is 6.54 Å². The van der Waals surface area contributed by atoms with Gasteiger partial charge in [-0.15, -0.1) is 0 Å². The summed E-state index contributed by atoms with van der Waals surface area (Å²) in [5.41, 5.74) is 1.24. The Morgan fingerprint density at radius 3 is 2.75 bits per heavy atom. The van der Waals surface area contributed by atoms with Crippen molar-refractivity contribution in [3.63, 3.8) is 0 Å². The van der Waals surface area contributed by atoms with Crippen LogP contribution in [0.3, 0.4) is 0 Å². The normalized spacial score (nSPS) is 20.4. The first kappa shape index (κ1) is 14.2. The second kappa shape index (κ2) is 6.77. The summed E-state index contributed by atoms with van der Waals surface area (Å²) in [6.45, 7) is 4.51. The first-order valence-electron chi connectivity index (χ1n) is 8.20. The average molecular weight is 277 g/mol. The smallest absolute Gasteiger partial charge is 0.130 e. The fourth-order valence-electron chi connectivity index (χ4n) is 3.04. The number of ether oxygens (including phenoxy) is 1. The highest BCUT2D eigenvalue weighted by molar-refractivity contribution is 5.19. The van der Waals surface area contributed by atoms with E-state index >= 15 is 0 Å². The van der Waals surface area contributed by atoms with Gasteiger partial charge in [0.15, 0.2) is 0 Å². The molecule has 3 nitrogen and oxygen atoms in total. The molecule has 0 amide bonds. The Morgan fingerprint density at radius 2 is 2.00 bits per heavy atom. The summed E-state index contributed by atoms with van der Waals surface area (Å²) in [5.74, 6) is 2.83. The van der Waals surface area contributed by atoms with Crippen molar-refractivity contribution in [1.82, 2.24) is 5.32 Å². The minimum atomic E-state index is 0.626. The summed E-state index contributed by atoms with van der Waals surface area (Å²) in [6.07, 6.45) is 9.48. The molecule has 0 bridgehead atoms. The van der Waals surface area contributed by atoms with Gasteiger partial charge >= 0.3 is 0 Å². The minimum absolute atomic E-state index is 0.626. The number of hydrogen-bond acceptors (Lipinski definition) is 3. The maximum absolute atomic E-state index is 5.89. The van der Waals surface area contributed by atoms with Crippen LogP contribution in [0.2, 0.25) is 0 Å². The quantitative estimate of drug-likeness (QED) is 0.820. The Morgan fingerprint density at radius 1 is 1.20 bits per heavy atom. The number of nitrogens with one attached hydrogen (secondary N) is 1. The van der Waals surface area contributed by atoms with E-state index in [4.69, 9.17) is 9.15 Å². The lowest BCUT2D eigenvalue weighted by Crippen LogP contribution is -2.15. The Balaban J connectivity index is 1.41. The van der Waals surface area contributed by atoms with Crippen molar-refractivity contribution >= 4 is 0 Å². The lowest BCUT2D eigenvalue weighted by molar-refractivity contribution is 0.0631. The molecule has 1 heterocycles. The second-order valence-corrected chi connectivity index (χ2v) is 6.49. The van der Waals surface area contributed by atoms with E-state index in [1.54, 1.807) is 0 Å². The first-order valence-corrected chi connectivity index (χ1v) is 8.20. The third-order valence-electron chi connectivity index (χ3n) is 4.52. The predicted molar refractivity (Wildman–Crippen MR) is 79.5 cm³/mol. The van der Waals surface area contributed by atoms with Crippen LogP contribution in [-0.4, -0.2) is 12.6 Å². The van der Waals surface area contributed by atoms with Crippen LogP contribution < -0.4 is 5.32 Å². The first-order chi connectivity index (χ1) is 9.81. The minimum Gasteiger partial charge on any atom is -0.462 e. The molecular weight excluding hydrogens is 250 g/mol. The van der Waals surface area contributed by atoms with Crippen molar-refractivity contribution in [2.45, 2.75) is 71.1 Å². The Kier molecular flexibility index (Phi) is 4.79. The highest BCUT2D eigenvalue weighted by Gasteiger charge is 2.21. The van der Waals surface area contributed by atoms with Crippen molar-refractivity contribution in [3.05, 3.63) is 23.2 Å². The molecule has 2 aliphatic rings. The maximum Gasteiger partial charge on any atom is 0.130 e. The van der Waals surface area contributed by atoms with Gasteiger partial charge in [0.25, 0.3) is 0 Å². The van der Waals surface area contributed by atoms with Gasteiger partial charge in [-0.2, -0.15) is 0 Å². The summed E-state index contributed by atoms with van der Waals surface area (Å²) in [4.78, 5) is 0. The SMILES string of the molecule is Cc1cc(COCC2CCCCC2)oc1CNC1CC1. The van der Waals surface area contributed by atoms with E-state index in [-0.39, 0.29) is 0 Å². The zero-order chi connectivity index (χ0) is 13.8. The molecule has 2 saturated carbocycles. The van der Waals surface area contributed by atoms with Gasteiger partial charge in [0.2, 0.25) is 0 Å². The molecule has 1 N–H and O–H groups in total. The van der Waals surface area contributed by atoms with Crippen molar-refractivity contribution in [2.24, 2.45) is 5.92 Å². The van der Waals surface area contributed by atoms with Gasteiger partial charge in [0.1, 0.15) is 18.1 Å². The van der Waals surface area contributed by atoms with E-state index in [9.17, 15) is 0 Å². The van der Waals surface area contributed by atoms with Gasteiger partial charge in [-0.1, -0.05) is 19.3 Å².